The van der Waals surface area contributed by atoms with Gasteiger partial charge in [0.25, 0.3) is 0 Å². The van der Waals surface area contributed by atoms with Gasteiger partial charge < -0.3 is 24.2 Å². The second kappa shape index (κ2) is 12.3. The Bertz CT molecular complexity index is 1940. The molecule has 2 aliphatic heterocycles. The molecule has 3 unspecified atom stereocenters. The summed E-state index contributed by atoms with van der Waals surface area (Å²) in [6.07, 6.45) is 9.44. The molecule has 3 fully saturated rings. The number of benzene rings is 2. The van der Waals surface area contributed by atoms with Gasteiger partial charge in [-0.3, -0.25) is 4.90 Å². The molecule has 2 aromatic carbocycles. The van der Waals surface area contributed by atoms with Crippen molar-refractivity contribution in [2.24, 2.45) is 5.41 Å². The molecule has 1 N–H and O–H groups in total. The topological polar surface area (TPSA) is 93.1 Å². The van der Waals surface area contributed by atoms with E-state index < -0.39 is 22.7 Å². The van der Waals surface area contributed by atoms with E-state index in [-0.39, 0.29) is 63.4 Å². The minimum absolute atomic E-state index is 0.0276. The second-order valence-corrected chi connectivity index (χ2v) is 13.5. The van der Waals surface area contributed by atoms with Gasteiger partial charge in [0.05, 0.1) is 25.9 Å². The van der Waals surface area contributed by atoms with Crippen molar-refractivity contribution in [2.75, 3.05) is 58.5 Å². The molecule has 3 atom stereocenters. The van der Waals surface area contributed by atoms with E-state index in [0.717, 1.165) is 19.3 Å². The van der Waals surface area contributed by atoms with E-state index in [4.69, 9.17) is 25.6 Å². The predicted octanol–water partition coefficient (Wildman–Crippen LogP) is 6.03. The summed E-state index contributed by atoms with van der Waals surface area (Å²) in [5.41, 5.74) is -2.24. The minimum Gasteiger partial charge on any atom is -0.508 e. The Hall–Kier alpha value is -4.34. The van der Waals surface area contributed by atoms with Gasteiger partial charge in [0.2, 0.25) is 5.88 Å². The highest BCUT2D eigenvalue weighted by atomic mass is 19.1. The van der Waals surface area contributed by atoms with Crippen LogP contribution in [0.4, 0.5) is 19.0 Å². The van der Waals surface area contributed by atoms with Gasteiger partial charge in [-0.2, -0.15) is 9.97 Å². The van der Waals surface area contributed by atoms with Crippen LogP contribution in [0.2, 0.25) is 0 Å². The third-order valence-electron chi connectivity index (χ3n) is 10.1. The lowest BCUT2D eigenvalue weighted by Crippen LogP contribution is -2.58. The third kappa shape index (κ3) is 5.52. The summed E-state index contributed by atoms with van der Waals surface area (Å²) in [7, 11) is 3.36. The van der Waals surface area contributed by atoms with Crippen LogP contribution in [0.1, 0.15) is 44.6 Å². The van der Waals surface area contributed by atoms with Crippen LogP contribution < -0.4 is 14.4 Å². The first-order chi connectivity index (χ1) is 23.0. The zero-order chi connectivity index (χ0) is 33.8. The summed E-state index contributed by atoms with van der Waals surface area (Å²) >= 11 is 0. The van der Waals surface area contributed by atoms with Crippen LogP contribution >= 0.6 is 0 Å². The molecule has 4 heterocycles. The SMILES string of the molecule is C#Cc1c(F)ccc2cc(O)cc(-c3nc(OC)c4c(N5CCCOCC5)nc(OCC56CCCC5N(C)CC(C)(F)C6)nc4c3F)c12. The largest absolute Gasteiger partial charge is 0.508 e. The number of nitrogens with zero attached hydrogens (tertiary/aromatic N) is 5. The highest BCUT2D eigenvalue weighted by Crippen LogP contribution is 2.51. The Morgan fingerprint density at radius 1 is 1.12 bits per heavy atom. The normalized spacial score (nSPS) is 24.8. The van der Waals surface area contributed by atoms with Crippen molar-refractivity contribution < 1.29 is 32.5 Å². The van der Waals surface area contributed by atoms with E-state index in [1.54, 1.807) is 6.92 Å². The fraction of sp³-hybridized carbons (Fsp3) is 0.472. The number of hydrogen-bond donors (Lipinski definition) is 1. The number of phenols is 1. The smallest absolute Gasteiger partial charge is 0.319 e. The van der Waals surface area contributed by atoms with Crippen LogP contribution in [-0.4, -0.2) is 90.3 Å². The number of phenolic OH excluding ortho intramolecular Hbond substituents is 1. The molecule has 4 aromatic rings. The Kier molecular flexibility index (Phi) is 8.24. The van der Waals surface area contributed by atoms with Gasteiger partial charge in [0, 0.05) is 48.6 Å². The van der Waals surface area contributed by atoms with Gasteiger partial charge in [0.1, 0.15) is 39.7 Å². The lowest BCUT2D eigenvalue weighted by atomic mass is 9.71. The van der Waals surface area contributed by atoms with E-state index in [1.165, 1.54) is 31.4 Å². The lowest BCUT2D eigenvalue weighted by Gasteiger charge is -2.49. The van der Waals surface area contributed by atoms with Gasteiger partial charge in [-0.15, -0.1) is 6.42 Å². The van der Waals surface area contributed by atoms with E-state index >= 15 is 8.78 Å². The van der Waals surface area contributed by atoms with Crippen molar-refractivity contribution in [3.05, 3.63) is 41.5 Å². The second-order valence-electron chi connectivity index (χ2n) is 13.5. The molecule has 12 heteroatoms. The number of terminal acetylenes is 1. The zero-order valence-electron chi connectivity index (χ0n) is 27.3. The molecule has 0 bridgehead atoms. The zero-order valence-corrected chi connectivity index (χ0v) is 27.3. The summed E-state index contributed by atoms with van der Waals surface area (Å²) in [6, 6.07) is 5.44. The van der Waals surface area contributed by atoms with E-state index in [2.05, 4.69) is 20.8 Å². The first-order valence-electron chi connectivity index (χ1n) is 16.3. The number of methoxy groups -OCH3 is 1. The Labute approximate surface area is 277 Å². The molecule has 2 aromatic heterocycles. The van der Waals surface area contributed by atoms with Crippen LogP contribution in [0.5, 0.6) is 17.6 Å². The predicted molar refractivity (Wildman–Crippen MR) is 176 cm³/mol. The molecular formula is C36H38F3N5O4. The van der Waals surface area contributed by atoms with Crippen molar-refractivity contribution in [3.63, 3.8) is 0 Å². The number of fused-ring (bicyclic) bond motifs is 3. The molecule has 2 saturated heterocycles. The Morgan fingerprint density at radius 2 is 1.96 bits per heavy atom. The number of aromatic hydroxyl groups is 1. The first-order valence-corrected chi connectivity index (χ1v) is 16.3. The maximum absolute atomic E-state index is 17.0. The number of hydrogen-bond acceptors (Lipinski definition) is 9. The maximum Gasteiger partial charge on any atom is 0.319 e. The Balaban J connectivity index is 1.42. The van der Waals surface area contributed by atoms with Crippen molar-refractivity contribution in [1.29, 1.82) is 0 Å². The van der Waals surface area contributed by atoms with Crippen LogP contribution in [0, 0.1) is 29.4 Å². The minimum atomic E-state index is -1.39. The lowest BCUT2D eigenvalue weighted by molar-refractivity contribution is -0.0648. The number of rotatable bonds is 6. The molecule has 7 rings (SSSR count). The molecule has 9 nitrogen and oxygen atoms in total. The van der Waals surface area contributed by atoms with E-state index in [1.807, 2.05) is 11.9 Å². The fourth-order valence-electron chi connectivity index (χ4n) is 8.30. The standard InChI is InChI=1S/C36H38F3N5O4/c1-5-23-25(37)10-9-21-16-22(45)17-24(27(21)23)30-29(38)31-28(33(40-30)46-4)32(44-12-7-14-47-15-13-44)42-34(41-31)48-20-36-11-6-8-26(36)43(3)19-35(2,39)18-36/h1,9-10,16-17,26,45H,6-8,11-15,18-20H2,2-4H3. The van der Waals surface area contributed by atoms with Gasteiger partial charge in [-0.05, 0) is 63.2 Å². The van der Waals surface area contributed by atoms with E-state index in [9.17, 15) is 9.50 Å². The summed E-state index contributed by atoms with van der Waals surface area (Å²) in [5, 5.41) is 11.5. The number of likely N-dealkylation sites (tertiary alicyclic amines) is 1. The van der Waals surface area contributed by atoms with Crippen LogP contribution in [0.25, 0.3) is 32.9 Å². The number of aromatic nitrogens is 3. The summed E-state index contributed by atoms with van der Waals surface area (Å²) in [4.78, 5) is 18.0. The van der Waals surface area contributed by atoms with Crippen molar-refractivity contribution in [1.82, 2.24) is 19.9 Å². The monoisotopic (exact) mass is 661 g/mol. The average Bonchev–Trinajstić information content (AvgIpc) is 3.28. The molecule has 48 heavy (non-hydrogen) atoms. The summed E-state index contributed by atoms with van der Waals surface area (Å²) in [6.45, 7) is 4.17. The molecule has 1 saturated carbocycles. The number of halogens is 3. The number of anilines is 1. The van der Waals surface area contributed by atoms with E-state index in [0.29, 0.717) is 56.9 Å². The van der Waals surface area contributed by atoms with Crippen molar-refractivity contribution in [2.45, 2.75) is 50.7 Å². The fourth-order valence-corrected chi connectivity index (χ4v) is 8.30. The molecule has 0 amide bonds. The Morgan fingerprint density at radius 3 is 2.75 bits per heavy atom. The number of alkyl halides is 1. The van der Waals surface area contributed by atoms with Gasteiger partial charge in [0.15, 0.2) is 5.82 Å². The number of piperidine rings is 1. The molecule has 3 aliphatic rings. The molecule has 0 radical (unpaired) electrons. The molecule has 252 valence electrons. The number of ether oxygens (including phenoxy) is 3. The summed E-state index contributed by atoms with van der Waals surface area (Å²) in [5.74, 6) is 1.04. The van der Waals surface area contributed by atoms with Crippen molar-refractivity contribution in [3.8, 4) is 41.2 Å². The highest BCUT2D eigenvalue weighted by Gasteiger charge is 2.54. The summed E-state index contributed by atoms with van der Waals surface area (Å²) < 4.78 is 65.3. The van der Waals surface area contributed by atoms with Crippen LogP contribution in [-0.2, 0) is 4.74 Å². The highest BCUT2D eigenvalue weighted by molar-refractivity contribution is 6.04. The van der Waals surface area contributed by atoms with Crippen molar-refractivity contribution >= 4 is 27.5 Å². The molecular weight excluding hydrogens is 623 g/mol. The van der Waals surface area contributed by atoms with Gasteiger partial charge >= 0.3 is 6.01 Å². The van der Waals surface area contributed by atoms with Gasteiger partial charge in [-0.1, -0.05) is 18.4 Å². The van der Waals surface area contributed by atoms with Gasteiger partial charge in [-0.25, -0.2) is 18.2 Å². The average molecular weight is 662 g/mol. The van der Waals surface area contributed by atoms with Crippen LogP contribution in [0.15, 0.2) is 24.3 Å². The molecule has 1 aliphatic carbocycles. The third-order valence-corrected chi connectivity index (χ3v) is 10.1. The molecule has 0 spiro atoms. The van der Waals surface area contributed by atoms with Crippen LogP contribution in [0.3, 0.4) is 0 Å². The quantitative estimate of drug-likeness (QED) is 0.249. The maximum atomic E-state index is 17.0. The number of pyridine rings is 1. The first kappa shape index (κ1) is 32.2.